The molecule has 2 N–H and O–H groups in total. The summed E-state index contributed by atoms with van der Waals surface area (Å²) in [6.07, 6.45) is 0.972. The molecule has 36 valence electrons. The summed E-state index contributed by atoms with van der Waals surface area (Å²) in [5.41, 5.74) is 4.73. The van der Waals surface area contributed by atoms with Crippen molar-refractivity contribution in [3.63, 3.8) is 0 Å². The zero-order valence-electron chi connectivity index (χ0n) is 3.55. The Morgan fingerprint density at radius 2 is 1.75 bits per heavy atom. The Hall–Kier alpha value is -0.480. The maximum atomic E-state index is 7.91. The summed E-state index contributed by atoms with van der Waals surface area (Å²) in [4.78, 5) is 0. The standard InChI is InChI=1S/C4H3N3.Na.H/c5-1-4(2-6)3-7;;/h1H,5H2;;. The summed E-state index contributed by atoms with van der Waals surface area (Å²) in [5, 5.41) is 15.8. The third-order valence-corrected chi connectivity index (χ3v) is 0.408. The first-order chi connectivity index (χ1) is 3.35. The van der Waals surface area contributed by atoms with Crippen LogP contribution in [0, 0.1) is 22.7 Å². The van der Waals surface area contributed by atoms with Gasteiger partial charge in [0, 0.05) is 6.20 Å². The molecule has 0 amide bonds. The van der Waals surface area contributed by atoms with Crippen molar-refractivity contribution in [2.75, 3.05) is 0 Å². The average molecular weight is 117 g/mol. The van der Waals surface area contributed by atoms with Crippen molar-refractivity contribution in [2.45, 2.75) is 0 Å². The fraction of sp³-hybridized carbons (Fsp3) is 0. The van der Waals surface area contributed by atoms with Crippen LogP contribution in [-0.4, -0.2) is 29.6 Å². The van der Waals surface area contributed by atoms with Gasteiger partial charge in [-0.1, -0.05) is 0 Å². The van der Waals surface area contributed by atoms with Crippen LogP contribution in [0.5, 0.6) is 0 Å². The molecule has 4 heteroatoms. The molecule has 0 aromatic heterocycles. The van der Waals surface area contributed by atoms with Gasteiger partial charge in [-0.2, -0.15) is 10.5 Å². The molecule has 0 fully saturated rings. The molecule has 8 heavy (non-hydrogen) atoms. The molecule has 0 saturated heterocycles. The zero-order valence-corrected chi connectivity index (χ0v) is 3.55. The van der Waals surface area contributed by atoms with E-state index in [0.29, 0.717) is 0 Å². The Morgan fingerprint density at radius 3 is 1.75 bits per heavy atom. The minimum atomic E-state index is -0.0556. The minimum absolute atomic E-state index is 0. The van der Waals surface area contributed by atoms with E-state index in [1.165, 1.54) is 0 Å². The second-order valence-corrected chi connectivity index (χ2v) is 0.804. The van der Waals surface area contributed by atoms with Crippen molar-refractivity contribution in [3.8, 4) is 12.1 Å². The molecule has 0 rings (SSSR count). The summed E-state index contributed by atoms with van der Waals surface area (Å²) < 4.78 is 0. The van der Waals surface area contributed by atoms with Gasteiger partial charge < -0.3 is 5.73 Å². The van der Waals surface area contributed by atoms with Crippen LogP contribution in [0.4, 0.5) is 0 Å². The van der Waals surface area contributed by atoms with Crippen molar-refractivity contribution >= 4 is 29.6 Å². The van der Waals surface area contributed by atoms with E-state index in [1.54, 1.807) is 12.1 Å². The second kappa shape index (κ2) is 6.52. The quantitative estimate of drug-likeness (QED) is 0.334. The fourth-order valence-corrected chi connectivity index (χ4v) is 0.0995. The molecular weight excluding hydrogens is 113 g/mol. The van der Waals surface area contributed by atoms with Crippen LogP contribution in [-0.2, 0) is 0 Å². The second-order valence-electron chi connectivity index (χ2n) is 0.804. The molecule has 0 aromatic carbocycles. The predicted molar refractivity (Wildman–Crippen MR) is 30.6 cm³/mol. The van der Waals surface area contributed by atoms with Crippen LogP contribution >= 0.6 is 0 Å². The van der Waals surface area contributed by atoms with Gasteiger partial charge in [0.05, 0.1) is 0 Å². The molecule has 0 atom stereocenters. The maximum absolute atomic E-state index is 7.91. The topological polar surface area (TPSA) is 73.6 Å². The van der Waals surface area contributed by atoms with Gasteiger partial charge >= 0.3 is 29.6 Å². The summed E-state index contributed by atoms with van der Waals surface area (Å²) in [6, 6.07) is 3.15. The first-order valence-corrected chi connectivity index (χ1v) is 1.57. The molecule has 0 unspecified atom stereocenters. The normalized spacial score (nSPS) is 4.75. The van der Waals surface area contributed by atoms with Gasteiger partial charge in [-0.05, 0) is 0 Å². The van der Waals surface area contributed by atoms with Crippen LogP contribution in [0.1, 0.15) is 0 Å². The van der Waals surface area contributed by atoms with E-state index >= 15 is 0 Å². The van der Waals surface area contributed by atoms with Gasteiger partial charge in [0.2, 0.25) is 0 Å². The average Bonchev–Trinajstić information content (AvgIpc) is 1.72. The van der Waals surface area contributed by atoms with E-state index < -0.39 is 0 Å². The molecular formula is C4H4N3Na. The van der Waals surface area contributed by atoms with Crippen LogP contribution in [0.25, 0.3) is 0 Å². The van der Waals surface area contributed by atoms with Crippen molar-refractivity contribution in [3.05, 3.63) is 11.8 Å². The number of nitrogens with two attached hydrogens (primary N) is 1. The Kier molecular flexibility index (Phi) is 8.55. The molecule has 0 radical (unpaired) electrons. The van der Waals surface area contributed by atoms with Crippen LogP contribution in [0.15, 0.2) is 11.8 Å². The number of hydrogen-bond donors (Lipinski definition) is 1. The molecule has 0 aliphatic carbocycles. The van der Waals surface area contributed by atoms with E-state index in [9.17, 15) is 0 Å². The Bertz CT molecular complexity index is 143. The van der Waals surface area contributed by atoms with Crippen molar-refractivity contribution in [1.82, 2.24) is 0 Å². The Morgan fingerprint density at radius 1 is 1.38 bits per heavy atom. The van der Waals surface area contributed by atoms with Gasteiger partial charge in [-0.15, -0.1) is 0 Å². The molecule has 0 saturated carbocycles. The number of rotatable bonds is 0. The van der Waals surface area contributed by atoms with E-state index in [1.807, 2.05) is 0 Å². The molecule has 0 heterocycles. The van der Waals surface area contributed by atoms with E-state index in [4.69, 9.17) is 16.3 Å². The van der Waals surface area contributed by atoms with Crippen molar-refractivity contribution < 1.29 is 0 Å². The molecule has 0 aliphatic heterocycles. The third-order valence-electron chi connectivity index (χ3n) is 0.408. The Balaban J connectivity index is 0. The van der Waals surface area contributed by atoms with Gasteiger partial charge in [-0.25, -0.2) is 0 Å². The first kappa shape index (κ1) is 10.5. The van der Waals surface area contributed by atoms with Crippen molar-refractivity contribution in [2.24, 2.45) is 5.73 Å². The van der Waals surface area contributed by atoms with E-state index in [-0.39, 0.29) is 35.1 Å². The summed E-state index contributed by atoms with van der Waals surface area (Å²) in [6.45, 7) is 0. The van der Waals surface area contributed by atoms with E-state index in [0.717, 1.165) is 6.20 Å². The van der Waals surface area contributed by atoms with Crippen LogP contribution in [0.2, 0.25) is 0 Å². The van der Waals surface area contributed by atoms with Crippen LogP contribution in [0.3, 0.4) is 0 Å². The van der Waals surface area contributed by atoms with Gasteiger partial charge in [-0.3, -0.25) is 0 Å². The number of nitrogens with zero attached hydrogens (tertiary/aromatic N) is 2. The van der Waals surface area contributed by atoms with Gasteiger partial charge in [0.25, 0.3) is 0 Å². The molecule has 0 bridgehead atoms. The summed E-state index contributed by atoms with van der Waals surface area (Å²) in [7, 11) is 0. The number of allylic oxidation sites excluding steroid dienone is 1. The van der Waals surface area contributed by atoms with Crippen LogP contribution < -0.4 is 5.73 Å². The van der Waals surface area contributed by atoms with Gasteiger partial charge in [0.1, 0.15) is 17.7 Å². The molecule has 3 nitrogen and oxygen atoms in total. The third kappa shape index (κ3) is 3.70. The molecule has 0 spiro atoms. The fourth-order valence-electron chi connectivity index (χ4n) is 0.0995. The van der Waals surface area contributed by atoms with Gasteiger partial charge in [0.15, 0.2) is 0 Å². The zero-order chi connectivity index (χ0) is 5.70. The predicted octanol–water partition coefficient (Wildman–Crippen LogP) is -0.772. The molecule has 0 aliphatic rings. The SMILES string of the molecule is N#CC(C#N)=CN.[NaH]. The van der Waals surface area contributed by atoms with E-state index in [2.05, 4.69) is 0 Å². The first-order valence-electron chi connectivity index (χ1n) is 1.57. The monoisotopic (exact) mass is 117 g/mol. The Labute approximate surface area is 69.7 Å². The number of nitriles is 2. The number of hydrogen-bond acceptors (Lipinski definition) is 3. The summed E-state index contributed by atoms with van der Waals surface area (Å²) in [5.74, 6) is 0. The molecule has 0 aromatic rings. The van der Waals surface area contributed by atoms with Crippen molar-refractivity contribution in [1.29, 1.82) is 10.5 Å². The summed E-state index contributed by atoms with van der Waals surface area (Å²) >= 11 is 0.